The Balaban J connectivity index is 1.65. The lowest BCUT2D eigenvalue weighted by molar-refractivity contribution is -0.161. The zero-order valence-electron chi connectivity index (χ0n) is 18.9. The zero-order valence-corrected chi connectivity index (χ0v) is 18.9. The molecular weight excluding hydrogens is 422 g/mol. The number of benzene rings is 2. The third-order valence-corrected chi connectivity index (χ3v) is 5.50. The van der Waals surface area contributed by atoms with Gasteiger partial charge in [0.25, 0.3) is 0 Å². The summed E-state index contributed by atoms with van der Waals surface area (Å²) in [5.41, 5.74) is 5.35. The maximum Gasteiger partial charge on any atom is 0.620 e. The summed E-state index contributed by atoms with van der Waals surface area (Å²) in [4.78, 5) is 44.7. The van der Waals surface area contributed by atoms with Gasteiger partial charge in [-0.15, -0.1) is 0 Å². The van der Waals surface area contributed by atoms with Gasteiger partial charge in [0, 0.05) is 17.5 Å². The number of fused-ring (bicyclic) bond motifs is 3. The molecule has 1 radical (unpaired) electrons. The van der Waals surface area contributed by atoms with Crippen molar-refractivity contribution in [2.45, 2.75) is 51.9 Å². The molecule has 1 amide bonds. The normalized spacial score (nSPS) is 15.7. The maximum absolute atomic E-state index is 13.1. The summed E-state index contributed by atoms with van der Waals surface area (Å²) in [5, 5.41) is 0.874. The van der Waals surface area contributed by atoms with Crippen molar-refractivity contribution < 1.29 is 24.0 Å². The first kappa shape index (κ1) is 22.5. The molecule has 0 fully saturated rings. The molecular formula is C25H27N3O5+. The van der Waals surface area contributed by atoms with Crippen LogP contribution in [0.3, 0.4) is 0 Å². The van der Waals surface area contributed by atoms with Gasteiger partial charge in [-0.05, 0) is 43.4 Å². The van der Waals surface area contributed by atoms with Crippen molar-refractivity contribution in [3.05, 3.63) is 71.4 Å². The molecule has 0 spiro atoms. The van der Waals surface area contributed by atoms with Crippen LogP contribution in [0.2, 0.25) is 0 Å². The van der Waals surface area contributed by atoms with Gasteiger partial charge < -0.3 is 4.74 Å². The van der Waals surface area contributed by atoms with Crippen LogP contribution in [0, 0.1) is 0 Å². The van der Waals surface area contributed by atoms with Crippen molar-refractivity contribution in [3.63, 3.8) is 0 Å². The first-order valence-electron chi connectivity index (χ1n) is 10.8. The van der Waals surface area contributed by atoms with E-state index in [0.29, 0.717) is 5.69 Å². The molecule has 8 heteroatoms. The summed E-state index contributed by atoms with van der Waals surface area (Å²) in [6, 6.07) is 15.9. The second-order valence-corrected chi connectivity index (χ2v) is 9.08. The predicted octanol–water partition coefficient (Wildman–Crippen LogP) is 3.59. The van der Waals surface area contributed by atoms with Crippen molar-refractivity contribution >= 4 is 29.4 Å². The van der Waals surface area contributed by atoms with E-state index in [1.807, 2.05) is 75.4 Å². The van der Waals surface area contributed by atoms with Crippen molar-refractivity contribution in [2.24, 2.45) is 0 Å². The Hall–Kier alpha value is -3.65. The first-order chi connectivity index (χ1) is 15.8. The number of para-hydroxylation sites is 1. The highest BCUT2D eigenvalue weighted by molar-refractivity contribution is 5.92. The van der Waals surface area contributed by atoms with Crippen LogP contribution in [-0.2, 0) is 38.7 Å². The van der Waals surface area contributed by atoms with Gasteiger partial charge in [0.05, 0.1) is 22.4 Å². The summed E-state index contributed by atoms with van der Waals surface area (Å²) in [5.74, 6) is -0.588. The quantitative estimate of drug-likeness (QED) is 0.364. The molecule has 2 heterocycles. The lowest BCUT2D eigenvalue weighted by Crippen LogP contribution is -2.52. The summed E-state index contributed by atoms with van der Waals surface area (Å²) in [7, 11) is 0. The van der Waals surface area contributed by atoms with Gasteiger partial charge in [-0.2, -0.15) is 4.84 Å². The van der Waals surface area contributed by atoms with Gasteiger partial charge >= 0.3 is 12.1 Å². The number of hydroxylamine groups is 1. The van der Waals surface area contributed by atoms with E-state index in [0.717, 1.165) is 28.4 Å². The molecule has 171 valence electrons. The summed E-state index contributed by atoms with van der Waals surface area (Å²) < 4.78 is 7.04. The monoisotopic (exact) mass is 449 g/mol. The second-order valence-electron chi connectivity index (χ2n) is 9.08. The summed E-state index contributed by atoms with van der Waals surface area (Å²) in [6.45, 7) is 5.71. The van der Waals surface area contributed by atoms with Gasteiger partial charge in [0.15, 0.2) is 0 Å². The molecule has 0 bridgehead atoms. The molecule has 4 rings (SSSR count). The van der Waals surface area contributed by atoms with Crippen LogP contribution in [-0.4, -0.2) is 39.5 Å². The Morgan fingerprint density at radius 2 is 1.85 bits per heavy atom. The molecule has 1 atom stereocenters. The van der Waals surface area contributed by atoms with Crippen LogP contribution in [0.4, 0.5) is 4.79 Å². The molecule has 0 aliphatic carbocycles. The second kappa shape index (κ2) is 9.07. The first-order valence-corrected chi connectivity index (χ1v) is 10.8. The summed E-state index contributed by atoms with van der Waals surface area (Å²) in [6.07, 6.45) is 0.292. The highest BCUT2D eigenvalue weighted by Crippen LogP contribution is 2.33. The molecule has 1 N–H and O–H groups in total. The third-order valence-electron chi connectivity index (χ3n) is 5.50. The topological polar surface area (TPSA) is 92.7 Å². The molecule has 1 aromatic heterocycles. The van der Waals surface area contributed by atoms with Crippen LogP contribution in [0.15, 0.2) is 54.6 Å². The number of amides is 1. The van der Waals surface area contributed by atoms with E-state index in [2.05, 4.69) is 5.48 Å². The number of carbonyl (C=O) groups excluding carboxylic acids is 3. The van der Waals surface area contributed by atoms with Crippen molar-refractivity contribution in [2.75, 3.05) is 0 Å². The molecule has 8 nitrogen and oxygen atoms in total. The number of ether oxygens (including phenoxy) is 1. The smallest absolute Gasteiger partial charge is 0.445 e. The molecule has 3 aromatic rings. The average Bonchev–Trinajstić information content (AvgIpc) is 3.13. The van der Waals surface area contributed by atoms with Gasteiger partial charge in [0.1, 0.15) is 6.61 Å². The highest BCUT2D eigenvalue weighted by Gasteiger charge is 2.46. The zero-order chi connectivity index (χ0) is 23.6. The Morgan fingerprint density at radius 3 is 2.55 bits per heavy atom. The molecule has 1 aliphatic heterocycles. The molecule has 0 unspecified atom stereocenters. The van der Waals surface area contributed by atoms with Crippen molar-refractivity contribution in [1.82, 2.24) is 14.9 Å². The van der Waals surface area contributed by atoms with Crippen LogP contribution in [0.5, 0.6) is 0 Å². The van der Waals surface area contributed by atoms with E-state index < -0.39 is 23.6 Å². The number of nitrogens with zero attached hydrogens (tertiary/aromatic N) is 2. The minimum absolute atomic E-state index is 0.0473. The summed E-state index contributed by atoms with van der Waals surface area (Å²) >= 11 is 0. The number of rotatable bonds is 5. The number of nitrogens with one attached hydrogen (secondary N) is 1. The van der Waals surface area contributed by atoms with E-state index in [-0.39, 0.29) is 19.6 Å². The highest BCUT2D eigenvalue weighted by atomic mass is 16.7. The number of carbonyl (C=O) groups is 3. The third kappa shape index (κ3) is 4.75. The van der Waals surface area contributed by atoms with Crippen LogP contribution in [0.1, 0.15) is 37.6 Å². The Kier molecular flexibility index (Phi) is 6.20. The fraction of sp³-hybridized carbons (Fsp3) is 0.320. The lowest BCUT2D eigenvalue weighted by atomic mass is 9.97. The van der Waals surface area contributed by atoms with Gasteiger partial charge in [-0.25, -0.2) is 4.79 Å². The molecule has 0 saturated heterocycles. The van der Waals surface area contributed by atoms with E-state index in [1.54, 1.807) is 0 Å². The average molecular weight is 450 g/mol. The van der Waals surface area contributed by atoms with Crippen LogP contribution in [0.25, 0.3) is 10.9 Å². The lowest BCUT2D eigenvalue weighted by Gasteiger charge is -2.30. The number of aromatic nitrogens is 1. The standard InChI is InChI=1S/C25H27N3O5/c1-25(2,3)26-33-23(30)21-13-19-18-11-7-8-12-20(18)28(16-29)22(19)14-27(21)24(31)32-15-17-9-5-4-6-10-17/h4-12,16,21,26H,13-15H2,1-3H3/q+1/t21-/m0/s1. The molecule has 33 heavy (non-hydrogen) atoms. The van der Waals surface area contributed by atoms with Crippen LogP contribution < -0.4 is 5.48 Å². The fourth-order valence-corrected chi connectivity index (χ4v) is 3.96. The largest absolute Gasteiger partial charge is 0.620 e. The van der Waals surface area contributed by atoms with E-state index in [4.69, 9.17) is 9.57 Å². The SMILES string of the molecule is CC(C)(C)NOC(=[O+])[C@@H]1Cc2c(n(C=O)c3ccccc23)CN1C(=O)OCc1ccccc1. The number of hydrogen-bond donors (Lipinski definition) is 1. The maximum atomic E-state index is 13.1. The van der Waals surface area contributed by atoms with Gasteiger partial charge in [-0.3, -0.25) is 14.3 Å². The van der Waals surface area contributed by atoms with E-state index in [1.165, 1.54) is 9.47 Å². The minimum Gasteiger partial charge on any atom is -0.445 e. The Morgan fingerprint density at radius 1 is 1.15 bits per heavy atom. The Labute approximate surface area is 192 Å². The Bertz CT molecular complexity index is 1180. The van der Waals surface area contributed by atoms with Crippen LogP contribution >= 0.6 is 0 Å². The number of hydrogen-bond acceptors (Lipinski definition) is 6. The van der Waals surface area contributed by atoms with Gasteiger partial charge in [0.2, 0.25) is 12.5 Å². The molecule has 1 aliphatic rings. The fourth-order valence-electron chi connectivity index (χ4n) is 3.96. The van der Waals surface area contributed by atoms with Crippen molar-refractivity contribution in [3.8, 4) is 0 Å². The minimum atomic E-state index is -0.901. The van der Waals surface area contributed by atoms with E-state index >= 15 is 0 Å². The molecule has 2 aromatic carbocycles. The van der Waals surface area contributed by atoms with E-state index in [9.17, 15) is 14.4 Å². The predicted molar refractivity (Wildman–Crippen MR) is 123 cm³/mol. The molecule has 0 saturated carbocycles. The van der Waals surface area contributed by atoms with Crippen molar-refractivity contribution in [1.29, 1.82) is 0 Å². The van der Waals surface area contributed by atoms with Gasteiger partial charge in [-0.1, -0.05) is 48.5 Å².